The van der Waals surface area contributed by atoms with Crippen LogP contribution in [0.5, 0.6) is 5.75 Å². The first-order valence-corrected chi connectivity index (χ1v) is 12.7. The predicted molar refractivity (Wildman–Crippen MR) is 143 cm³/mol. The monoisotopic (exact) mass is 506 g/mol. The largest absolute Gasteiger partial charge is 0.497 e. The maximum atomic E-state index is 14.2. The van der Waals surface area contributed by atoms with Crippen LogP contribution < -0.4 is 20.3 Å². The Bertz CT molecular complexity index is 1660. The van der Waals surface area contributed by atoms with E-state index < -0.39 is 23.4 Å². The summed E-state index contributed by atoms with van der Waals surface area (Å²) in [5.74, 6) is -2.06. The summed E-state index contributed by atoms with van der Waals surface area (Å²) in [6.45, 7) is 1.93. The van der Waals surface area contributed by atoms with Gasteiger partial charge in [0, 0.05) is 40.5 Å². The topological polar surface area (TPSA) is 104 Å². The van der Waals surface area contributed by atoms with Crippen LogP contribution in [-0.2, 0) is 26.3 Å². The molecule has 7 rings (SSSR count). The van der Waals surface area contributed by atoms with Crippen molar-refractivity contribution in [2.24, 2.45) is 11.8 Å². The Hall–Kier alpha value is -4.43. The predicted octanol–water partition coefficient (Wildman–Crippen LogP) is 3.65. The number of anilines is 2. The van der Waals surface area contributed by atoms with Gasteiger partial charge in [-0.1, -0.05) is 42.5 Å². The molecule has 3 aromatic carbocycles. The Labute approximate surface area is 219 Å². The van der Waals surface area contributed by atoms with Gasteiger partial charge in [0.25, 0.3) is 0 Å². The molecule has 3 aliphatic rings. The maximum absolute atomic E-state index is 14.2. The van der Waals surface area contributed by atoms with E-state index in [1.807, 2.05) is 55.6 Å². The maximum Gasteiger partial charge on any atom is 0.250 e. The highest BCUT2D eigenvalue weighted by atomic mass is 16.5. The van der Waals surface area contributed by atoms with Crippen molar-refractivity contribution in [1.82, 2.24) is 10.3 Å². The number of para-hydroxylation sites is 2. The third kappa shape index (κ3) is 2.92. The van der Waals surface area contributed by atoms with Crippen LogP contribution in [0.25, 0.3) is 10.9 Å². The molecule has 0 aliphatic carbocycles. The number of methoxy groups -OCH3 is 1. The van der Waals surface area contributed by atoms with Crippen LogP contribution in [0.1, 0.15) is 16.7 Å². The molecule has 8 heteroatoms. The Morgan fingerprint density at radius 2 is 1.79 bits per heavy atom. The van der Waals surface area contributed by atoms with E-state index in [2.05, 4.69) is 15.6 Å². The van der Waals surface area contributed by atoms with Crippen LogP contribution in [0.4, 0.5) is 11.4 Å². The third-order valence-corrected chi connectivity index (χ3v) is 8.38. The standard InChI is InChI=1S/C30H26N4O4/c1-16-7-5-11-21-26(16)32-29(37)30(21)25-24(23(33-30)13-17-15-31-22-12-4-3-10-20(17)22)27(35)34(28(25)36)18-8-6-9-19(14-18)38-2/h3-12,14-15,23-25,31,33H,13H2,1-2H3,(H,32,37)/t23-,24+,25+,30-/m0/s1. The third-order valence-electron chi connectivity index (χ3n) is 8.38. The smallest absolute Gasteiger partial charge is 0.250 e. The van der Waals surface area contributed by atoms with Gasteiger partial charge in [0.15, 0.2) is 0 Å². The number of amides is 3. The van der Waals surface area contributed by atoms with Gasteiger partial charge in [0.1, 0.15) is 11.3 Å². The fraction of sp³-hybridized carbons (Fsp3) is 0.233. The minimum atomic E-state index is -1.34. The zero-order valence-corrected chi connectivity index (χ0v) is 20.9. The molecule has 4 atom stereocenters. The van der Waals surface area contributed by atoms with Gasteiger partial charge in [-0.15, -0.1) is 0 Å². The van der Waals surface area contributed by atoms with Crippen molar-refractivity contribution < 1.29 is 19.1 Å². The number of carbonyl (C=O) groups is 3. The highest BCUT2D eigenvalue weighted by Gasteiger charge is 2.70. The number of ether oxygens (including phenoxy) is 1. The van der Waals surface area contributed by atoms with Crippen LogP contribution in [0.2, 0.25) is 0 Å². The van der Waals surface area contributed by atoms with E-state index in [1.54, 1.807) is 31.4 Å². The summed E-state index contributed by atoms with van der Waals surface area (Å²) in [4.78, 5) is 46.7. The molecular formula is C30H26N4O4. The summed E-state index contributed by atoms with van der Waals surface area (Å²) in [5.41, 5.74) is 3.45. The second-order valence-electron chi connectivity index (χ2n) is 10.3. The lowest BCUT2D eigenvalue weighted by Gasteiger charge is -2.29. The number of nitrogens with zero attached hydrogens (tertiary/aromatic N) is 1. The van der Waals surface area contributed by atoms with Crippen molar-refractivity contribution in [3.8, 4) is 5.75 Å². The van der Waals surface area contributed by atoms with Crippen molar-refractivity contribution in [3.05, 3.63) is 89.6 Å². The number of H-pyrrole nitrogens is 1. The molecule has 3 amide bonds. The average molecular weight is 507 g/mol. The van der Waals surface area contributed by atoms with Crippen molar-refractivity contribution in [2.75, 3.05) is 17.3 Å². The van der Waals surface area contributed by atoms with E-state index in [9.17, 15) is 14.4 Å². The van der Waals surface area contributed by atoms with Crippen molar-refractivity contribution in [2.45, 2.75) is 24.9 Å². The summed E-state index contributed by atoms with van der Waals surface area (Å²) in [6, 6.07) is 20.2. The molecule has 4 heterocycles. The van der Waals surface area contributed by atoms with Crippen LogP contribution in [0, 0.1) is 18.8 Å². The summed E-state index contributed by atoms with van der Waals surface area (Å²) in [6.07, 6.45) is 2.42. The molecular weight excluding hydrogens is 480 g/mol. The minimum Gasteiger partial charge on any atom is -0.497 e. The first-order chi connectivity index (χ1) is 18.4. The molecule has 0 bridgehead atoms. The number of imide groups is 1. The van der Waals surface area contributed by atoms with Gasteiger partial charge < -0.3 is 15.0 Å². The molecule has 2 saturated heterocycles. The molecule has 2 fully saturated rings. The molecule has 8 nitrogen and oxygen atoms in total. The number of aromatic amines is 1. The van der Waals surface area contributed by atoms with Gasteiger partial charge in [-0.3, -0.25) is 19.7 Å². The van der Waals surface area contributed by atoms with E-state index in [0.29, 0.717) is 29.1 Å². The molecule has 0 radical (unpaired) electrons. The first kappa shape index (κ1) is 22.7. The molecule has 4 aromatic rings. The van der Waals surface area contributed by atoms with E-state index >= 15 is 0 Å². The molecule has 3 N–H and O–H groups in total. The molecule has 190 valence electrons. The number of carbonyl (C=O) groups excluding carboxylic acids is 3. The number of hydrogen-bond acceptors (Lipinski definition) is 5. The fourth-order valence-corrected chi connectivity index (χ4v) is 6.69. The Balaban J connectivity index is 1.38. The number of hydrogen-bond donors (Lipinski definition) is 3. The fourth-order valence-electron chi connectivity index (χ4n) is 6.69. The Morgan fingerprint density at radius 1 is 0.974 bits per heavy atom. The number of rotatable bonds is 4. The number of nitrogens with one attached hydrogen (secondary N) is 3. The lowest BCUT2D eigenvalue weighted by atomic mass is 9.76. The van der Waals surface area contributed by atoms with Gasteiger partial charge in [-0.25, -0.2) is 4.90 Å². The summed E-state index contributed by atoms with van der Waals surface area (Å²) < 4.78 is 5.35. The second-order valence-corrected chi connectivity index (χ2v) is 10.3. The van der Waals surface area contributed by atoms with Crippen LogP contribution in [0.3, 0.4) is 0 Å². The lowest BCUT2D eigenvalue weighted by molar-refractivity contribution is -0.130. The highest BCUT2D eigenvalue weighted by molar-refractivity contribution is 6.26. The highest BCUT2D eigenvalue weighted by Crippen LogP contribution is 2.54. The van der Waals surface area contributed by atoms with Gasteiger partial charge >= 0.3 is 0 Å². The van der Waals surface area contributed by atoms with Crippen LogP contribution in [-0.4, -0.2) is 35.9 Å². The van der Waals surface area contributed by atoms with Crippen molar-refractivity contribution in [3.63, 3.8) is 0 Å². The average Bonchev–Trinajstić information content (AvgIpc) is 3.64. The summed E-state index contributed by atoms with van der Waals surface area (Å²) in [7, 11) is 1.54. The van der Waals surface area contributed by atoms with E-state index in [-0.39, 0.29) is 17.7 Å². The summed E-state index contributed by atoms with van der Waals surface area (Å²) >= 11 is 0. The van der Waals surface area contributed by atoms with E-state index in [1.165, 1.54) is 4.90 Å². The normalized spacial score (nSPS) is 25.8. The Kier molecular flexibility index (Phi) is 4.81. The Morgan fingerprint density at radius 3 is 2.63 bits per heavy atom. The molecule has 1 aromatic heterocycles. The number of aromatic nitrogens is 1. The second kappa shape index (κ2) is 8.03. The lowest BCUT2D eigenvalue weighted by Crippen LogP contribution is -2.53. The van der Waals surface area contributed by atoms with E-state index in [0.717, 1.165) is 22.0 Å². The first-order valence-electron chi connectivity index (χ1n) is 12.7. The zero-order valence-electron chi connectivity index (χ0n) is 20.9. The zero-order chi connectivity index (χ0) is 26.2. The van der Waals surface area contributed by atoms with Crippen molar-refractivity contribution >= 4 is 40.0 Å². The minimum absolute atomic E-state index is 0.299. The molecule has 38 heavy (non-hydrogen) atoms. The molecule has 0 saturated carbocycles. The van der Waals surface area contributed by atoms with Crippen LogP contribution in [0.15, 0.2) is 72.9 Å². The van der Waals surface area contributed by atoms with Gasteiger partial charge in [0.2, 0.25) is 17.7 Å². The van der Waals surface area contributed by atoms with Gasteiger partial charge in [-0.2, -0.15) is 0 Å². The summed E-state index contributed by atoms with van der Waals surface area (Å²) in [5, 5.41) is 7.62. The molecule has 1 spiro atoms. The van der Waals surface area contributed by atoms with Gasteiger partial charge in [-0.05, 0) is 42.7 Å². The van der Waals surface area contributed by atoms with Crippen molar-refractivity contribution in [1.29, 1.82) is 0 Å². The molecule has 3 aliphatic heterocycles. The quantitative estimate of drug-likeness (QED) is 0.367. The van der Waals surface area contributed by atoms with Gasteiger partial charge in [0.05, 0.1) is 24.6 Å². The number of benzene rings is 3. The number of aryl methyl sites for hydroxylation is 1. The van der Waals surface area contributed by atoms with E-state index in [4.69, 9.17) is 4.74 Å². The SMILES string of the molecule is COc1cccc(N2C(=O)[C@@H]3[C@H](Cc4c[nH]c5ccccc45)N[C@]4(C(=O)Nc5c(C)cccc54)[C@H]3C2=O)c1. The molecule has 0 unspecified atom stereocenters. The number of fused-ring (bicyclic) bond motifs is 5. The van der Waals surface area contributed by atoms with Crippen LogP contribution >= 0.6 is 0 Å².